The molecule has 0 bridgehead atoms. The molecular formula is C11H12N2O6. The number of non-ortho nitro benzene ring substituents is 1. The minimum Gasteiger partial charge on any atom is -0.467 e. The molecule has 0 aromatic heterocycles. The number of rotatable bonds is 5. The molecular weight excluding hydrogens is 256 g/mol. The highest BCUT2D eigenvalue weighted by Crippen LogP contribution is 2.13. The molecule has 0 aliphatic carbocycles. The predicted octanol–water partition coefficient (Wildman–Crippen LogP) is -0.142. The fourth-order valence-corrected chi connectivity index (χ4v) is 1.32. The highest BCUT2D eigenvalue weighted by Gasteiger charge is 2.21. The number of aliphatic hydroxyl groups is 1. The number of carbonyl (C=O) groups excluding carboxylic acids is 2. The second-order valence-electron chi connectivity index (χ2n) is 3.54. The summed E-state index contributed by atoms with van der Waals surface area (Å²) in [6.45, 7) is -0.632. The zero-order chi connectivity index (χ0) is 14.4. The summed E-state index contributed by atoms with van der Waals surface area (Å²) in [5.41, 5.74) is -0.234. The van der Waals surface area contributed by atoms with E-state index in [4.69, 9.17) is 5.11 Å². The van der Waals surface area contributed by atoms with Crippen LogP contribution in [-0.4, -0.2) is 41.7 Å². The third-order valence-corrected chi connectivity index (χ3v) is 2.29. The molecule has 19 heavy (non-hydrogen) atoms. The number of nitro benzene ring substituents is 1. The largest absolute Gasteiger partial charge is 0.467 e. The molecule has 102 valence electrons. The molecule has 0 aliphatic rings. The van der Waals surface area contributed by atoms with Crippen LogP contribution in [0.15, 0.2) is 24.3 Å². The van der Waals surface area contributed by atoms with Crippen molar-refractivity contribution < 1.29 is 24.4 Å². The van der Waals surface area contributed by atoms with Crippen molar-refractivity contribution in [2.24, 2.45) is 0 Å². The summed E-state index contributed by atoms with van der Waals surface area (Å²) in [5.74, 6) is -1.52. The second kappa shape index (κ2) is 6.45. The average Bonchev–Trinajstić information content (AvgIpc) is 2.43. The zero-order valence-electron chi connectivity index (χ0n) is 10.0. The lowest BCUT2D eigenvalue weighted by atomic mass is 10.1. The van der Waals surface area contributed by atoms with E-state index in [-0.39, 0.29) is 11.3 Å². The van der Waals surface area contributed by atoms with E-state index in [1.165, 1.54) is 18.2 Å². The first-order valence-electron chi connectivity index (χ1n) is 5.23. The zero-order valence-corrected chi connectivity index (χ0v) is 10.0. The van der Waals surface area contributed by atoms with Crippen LogP contribution in [0.25, 0.3) is 0 Å². The van der Waals surface area contributed by atoms with Gasteiger partial charge in [-0.15, -0.1) is 0 Å². The van der Waals surface area contributed by atoms with Crippen molar-refractivity contribution in [2.75, 3.05) is 13.7 Å². The minimum absolute atomic E-state index is 0.0107. The van der Waals surface area contributed by atoms with Gasteiger partial charge in [-0.1, -0.05) is 6.07 Å². The van der Waals surface area contributed by atoms with Crippen LogP contribution in [0, 0.1) is 10.1 Å². The molecule has 8 nitrogen and oxygen atoms in total. The number of hydrogen-bond acceptors (Lipinski definition) is 6. The molecule has 0 fully saturated rings. The topological polar surface area (TPSA) is 119 Å². The molecule has 0 saturated carbocycles. The summed E-state index contributed by atoms with van der Waals surface area (Å²) < 4.78 is 4.38. The molecule has 0 saturated heterocycles. The lowest BCUT2D eigenvalue weighted by molar-refractivity contribution is -0.384. The number of hydrogen-bond donors (Lipinski definition) is 2. The van der Waals surface area contributed by atoms with E-state index >= 15 is 0 Å². The first-order chi connectivity index (χ1) is 8.99. The molecule has 1 aromatic carbocycles. The molecule has 1 atom stereocenters. The summed E-state index contributed by atoms with van der Waals surface area (Å²) in [6, 6.07) is 3.80. The Balaban J connectivity index is 2.85. The van der Waals surface area contributed by atoms with Gasteiger partial charge in [0, 0.05) is 17.7 Å². The lowest BCUT2D eigenvalue weighted by Gasteiger charge is -2.13. The van der Waals surface area contributed by atoms with Crippen molar-refractivity contribution in [1.29, 1.82) is 0 Å². The molecule has 1 aromatic rings. The van der Waals surface area contributed by atoms with E-state index in [1.807, 2.05) is 0 Å². The third-order valence-electron chi connectivity index (χ3n) is 2.29. The molecule has 0 aliphatic heterocycles. The van der Waals surface area contributed by atoms with Gasteiger partial charge in [0.15, 0.2) is 6.04 Å². The van der Waals surface area contributed by atoms with E-state index in [1.54, 1.807) is 0 Å². The van der Waals surface area contributed by atoms with Gasteiger partial charge in [-0.05, 0) is 6.07 Å². The van der Waals surface area contributed by atoms with Gasteiger partial charge >= 0.3 is 5.97 Å². The lowest BCUT2D eigenvalue weighted by Crippen LogP contribution is -2.44. The standard InChI is InChI=1S/C11H12N2O6/c1-19-11(16)9(6-14)12-10(15)7-3-2-4-8(5-7)13(17)18/h2-5,9,14H,6H2,1H3,(H,12,15). The smallest absolute Gasteiger partial charge is 0.330 e. The number of aliphatic hydroxyl groups excluding tert-OH is 1. The van der Waals surface area contributed by atoms with Crippen LogP contribution in [-0.2, 0) is 9.53 Å². The van der Waals surface area contributed by atoms with Crippen molar-refractivity contribution >= 4 is 17.6 Å². The first-order valence-corrected chi connectivity index (χ1v) is 5.23. The van der Waals surface area contributed by atoms with E-state index in [2.05, 4.69) is 10.1 Å². The van der Waals surface area contributed by atoms with Gasteiger partial charge in [-0.3, -0.25) is 14.9 Å². The van der Waals surface area contributed by atoms with Crippen LogP contribution < -0.4 is 5.32 Å². The number of nitrogens with zero attached hydrogens (tertiary/aromatic N) is 1. The summed E-state index contributed by atoms with van der Waals surface area (Å²) in [5, 5.41) is 21.7. The van der Waals surface area contributed by atoms with E-state index in [0.29, 0.717) is 0 Å². The van der Waals surface area contributed by atoms with Crippen LogP contribution in [0.2, 0.25) is 0 Å². The minimum atomic E-state index is -1.21. The Kier molecular flexibility index (Phi) is 4.95. The highest BCUT2D eigenvalue weighted by molar-refractivity contribution is 5.97. The number of carbonyl (C=O) groups is 2. The van der Waals surface area contributed by atoms with E-state index in [9.17, 15) is 19.7 Å². The average molecular weight is 268 g/mol. The number of nitrogens with one attached hydrogen (secondary N) is 1. The van der Waals surface area contributed by atoms with Crippen molar-refractivity contribution in [3.8, 4) is 0 Å². The van der Waals surface area contributed by atoms with Crippen molar-refractivity contribution in [3.05, 3.63) is 39.9 Å². The summed E-state index contributed by atoms with van der Waals surface area (Å²) in [4.78, 5) is 32.9. The van der Waals surface area contributed by atoms with Crippen LogP contribution in [0.4, 0.5) is 5.69 Å². The van der Waals surface area contributed by atoms with Gasteiger partial charge in [0.2, 0.25) is 0 Å². The Morgan fingerprint density at radius 2 is 2.21 bits per heavy atom. The number of methoxy groups -OCH3 is 1. The van der Waals surface area contributed by atoms with Crippen molar-refractivity contribution in [3.63, 3.8) is 0 Å². The Hall–Kier alpha value is -2.48. The predicted molar refractivity (Wildman–Crippen MR) is 63.5 cm³/mol. The Labute approximate surface area is 108 Å². The fraction of sp³-hybridized carbons (Fsp3) is 0.273. The fourth-order valence-electron chi connectivity index (χ4n) is 1.32. The number of ether oxygens (including phenoxy) is 1. The van der Waals surface area contributed by atoms with Crippen LogP contribution in [0.3, 0.4) is 0 Å². The summed E-state index contributed by atoms with van der Waals surface area (Å²) in [6.07, 6.45) is 0. The number of nitro groups is 1. The third kappa shape index (κ3) is 3.75. The Bertz CT molecular complexity index is 502. The summed E-state index contributed by atoms with van der Waals surface area (Å²) >= 11 is 0. The van der Waals surface area contributed by atoms with Crippen molar-refractivity contribution in [1.82, 2.24) is 5.32 Å². The van der Waals surface area contributed by atoms with E-state index in [0.717, 1.165) is 13.2 Å². The van der Waals surface area contributed by atoms with Crippen LogP contribution >= 0.6 is 0 Å². The Morgan fingerprint density at radius 1 is 1.53 bits per heavy atom. The normalized spacial score (nSPS) is 11.5. The molecule has 1 rings (SSSR count). The number of amides is 1. The molecule has 2 N–H and O–H groups in total. The maximum Gasteiger partial charge on any atom is 0.330 e. The molecule has 0 heterocycles. The van der Waals surface area contributed by atoms with Crippen molar-refractivity contribution in [2.45, 2.75) is 6.04 Å². The second-order valence-corrected chi connectivity index (χ2v) is 3.54. The van der Waals surface area contributed by atoms with Gasteiger partial charge < -0.3 is 15.2 Å². The maximum atomic E-state index is 11.8. The maximum absolute atomic E-state index is 11.8. The van der Waals surface area contributed by atoms with Crippen LogP contribution in [0.1, 0.15) is 10.4 Å². The highest BCUT2D eigenvalue weighted by atomic mass is 16.6. The van der Waals surface area contributed by atoms with Gasteiger partial charge in [0.05, 0.1) is 18.6 Å². The Morgan fingerprint density at radius 3 is 2.74 bits per heavy atom. The summed E-state index contributed by atoms with van der Waals surface area (Å²) in [7, 11) is 1.12. The van der Waals surface area contributed by atoms with Gasteiger partial charge in [0.25, 0.3) is 11.6 Å². The van der Waals surface area contributed by atoms with E-state index < -0.39 is 29.4 Å². The molecule has 1 amide bonds. The molecule has 8 heteroatoms. The molecule has 1 unspecified atom stereocenters. The first kappa shape index (κ1) is 14.6. The number of esters is 1. The SMILES string of the molecule is COC(=O)C(CO)NC(=O)c1cccc([N+](=O)[O-])c1. The monoisotopic (exact) mass is 268 g/mol. The number of benzene rings is 1. The quantitative estimate of drug-likeness (QED) is 0.436. The van der Waals surface area contributed by atoms with Crippen LogP contribution in [0.5, 0.6) is 0 Å². The molecule has 0 spiro atoms. The van der Waals surface area contributed by atoms with Gasteiger partial charge in [-0.2, -0.15) is 0 Å². The molecule has 0 radical (unpaired) electrons. The van der Waals surface area contributed by atoms with Gasteiger partial charge in [-0.25, -0.2) is 4.79 Å². The van der Waals surface area contributed by atoms with Gasteiger partial charge in [0.1, 0.15) is 0 Å².